The van der Waals surface area contributed by atoms with Gasteiger partial charge in [-0.2, -0.15) is 0 Å². The van der Waals surface area contributed by atoms with Gasteiger partial charge >= 0.3 is 5.97 Å². The highest BCUT2D eigenvalue weighted by Crippen LogP contribution is 2.24. The Morgan fingerprint density at radius 3 is 2.69 bits per heavy atom. The van der Waals surface area contributed by atoms with Gasteiger partial charge in [-0.3, -0.25) is 4.79 Å². The summed E-state index contributed by atoms with van der Waals surface area (Å²) in [5.41, 5.74) is 0.549. The van der Waals surface area contributed by atoms with Gasteiger partial charge in [-0.25, -0.2) is 9.37 Å². The molecule has 1 unspecified atom stereocenters. The van der Waals surface area contributed by atoms with E-state index in [4.69, 9.17) is 16.3 Å². The van der Waals surface area contributed by atoms with Crippen molar-refractivity contribution in [3.05, 3.63) is 59.0 Å². The van der Waals surface area contributed by atoms with Gasteiger partial charge in [0.25, 0.3) is 0 Å². The first-order chi connectivity index (χ1) is 12.5. The number of aromatic nitrogens is 1. The molecule has 1 saturated heterocycles. The predicted molar refractivity (Wildman–Crippen MR) is 100 cm³/mol. The number of halogens is 2. The van der Waals surface area contributed by atoms with Gasteiger partial charge in [0.2, 0.25) is 0 Å². The van der Waals surface area contributed by atoms with Crippen molar-refractivity contribution in [3.63, 3.8) is 0 Å². The summed E-state index contributed by atoms with van der Waals surface area (Å²) in [4.78, 5) is 18.7. The maximum absolute atomic E-state index is 13.8. The van der Waals surface area contributed by atoms with E-state index < -0.39 is 0 Å². The molecule has 4 nitrogen and oxygen atoms in total. The monoisotopic (exact) mass is 376 g/mol. The summed E-state index contributed by atoms with van der Waals surface area (Å²) >= 11 is 5.86. The van der Waals surface area contributed by atoms with Crippen molar-refractivity contribution in [3.8, 4) is 0 Å². The van der Waals surface area contributed by atoms with Crippen molar-refractivity contribution < 1.29 is 13.9 Å². The number of hydrogen-bond acceptors (Lipinski definition) is 4. The smallest absolute Gasteiger partial charge is 0.306 e. The highest BCUT2D eigenvalue weighted by Gasteiger charge is 2.24. The number of rotatable bonds is 5. The normalized spacial score (nSPS) is 16.3. The summed E-state index contributed by atoms with van der Waals surface area (Å²) < 4.78 is 19.4. The zero-order chi connectivity index (χ0) is 18.5. The molecule has 0 saturated carbocycles. The Morgan fingerprint density at radius 2 is 2.04 bits per heavy atom. The molecule has 2 aromatic rings. The molecule has 0 amide bonds. The number of carbonyl (C=O) groups is 1. The molecular weight excluding hydrogens is 355 g/mol. The molecular formula is C20H22ClFN2O2. The van der Waals surface area contributed by atoms with E-state index in [0.717, 1.165) is 31.7 Å². The van der Waals surface area contributed by atoms with Gasteiger partial charge < -0.3 is 9.64 Å². The summed E-state index contributed by atoms with van der Waals surface area (Å²) in [7, 11) is 0. The largest absolute Gasteiger partial charge is 0.462 e. The Morgan fingerprint density at radius 1 is 1.31 bits per heavy atom. The lowest BCUT2D eigenvalue weighted by atomic mass is 9.97. The Kier molecular flexibility index (Phi) is 6.09. The molecule has 1 aliphatic heterocycles. The topological polar surface area (TPSA) is 42.4 Å². The Hall–Kier alpha value is -2.14. The number of carbonyl (C=O) groups excluding carboxylic acids is 1. The lowest BCUT2D eigenvalue weighted by Crippen LogP contribution is -2.38. The number of benzene rings is 1. The lowest BCUT2D eigenvalue weighted by molar-refractivity contribution is -0.150. The number of pyridine rings is 1. The van der Waals surface area contributed by atoms with E-state index in [-0.39, 0.29) is 30.2 Å². The van der Waals surface area contributed by atoms with E-state index in [1.165, 1.54) is 6.07 Å². The molecule has 0 aliphatic carbocycles. The molecule has 2 heterocycles. The second kappa shape index (κ2) is 8.49. The molecule has 26 heavy (non-hydrogen) atoms. The average molecular weight is 377 g/mol. The fourth-order valence-electron chi connectivity index (χ4n) is 3.23. The molecule has 6 heteroatoms. The molecule has 138 valence electrons. The van der Waals surface area contributed by atoms with Crippen molar-refractivity contribution in [1.82, 2.24) is 4.98 Å². The third-order valence-corrected chi connectivity index (χ3v) is 4.91. The van der Waals surface area contributed by atoms with E-state index >= 15 is 0 Å². The lowest BCUT2D eigenvalue weighted by Gasteiger charge is -2.32. The summed E-state index contributed by atoms with van der Waals surface area (Å²) in [6, 6.07) is 10.3. The van der Waals surface area contributed by atoms with Crippen LogP contribution in [-0.2, 0) is 9.53 Å². The van der Waals surface area contributed by atoms with Crippen LogP contribution in [0.3, 0.4) is 0 Å². The quantitative estimate of drug-likeness (QED) is 0.716. The van der Waals surface area contributed by atoms with Crippen LogP contribution in [-0.4, -0.2) is 30.1 Å². The molecule has 3 rings (SSSR count). The molecule has 0 spiro atoms. The first kappa shape index (κ1) is 18.6. The molecule has 1 fully saturated rings. The summed E-state index contributed by atoms with van der Waals surface area (Å²) in [6.07, 6.45) is 3.22. The highest BCUT2D eigenvalue weighted by molar-refractivity contribution is 6.30. The Bertz CT molecular complexity index is 746. The second-order valence-corrected chi connectivity index (χ2v) is 7.07. The van der Waals surface area contributed by atoms with Crippen LogP contribution >= 0.6 is 11.6 Å². The molecule has 1 aromatic heterocycles. The van der Waals surface area contributed by atoms with Crippen molar-refractivity contribution in [2.24, 2.45) is 0 Å². The fraction of sp³-hybridized carbons (Fsp3) is 0.400. The maximum Gasteiger partial charge on any atom is 0.306 e. The zero-order valence-corrected chi connectivity index (χ0v) is 15.5. The van der Waals surface area contributed by atoms with Crippen LogP contribution in [0.4, 0.5) is 10.2 Å². The first-order valence-electron chi connectivity index (χ1n) is 8.83. The standard InChI is InChI=1S/C20H22ClFN2O2/c1-14(17-4-2-3-5-18(17)22)12-20(25)26-16-8-10-24(11-9-16)19-7-6-15(21)13-23-19/h2-7,13-14,16H,8-12H2,1H3. The Balaban J connectivity index is 1.47. The van der Waals surface area contributed by atoms with Crippen molar-refractivity contribution in [2.75, 3.05) is 18.0 Å². The van der Waals surface area contributed by atoms with Gasteiger partial charge in [0.1, 0.15) is 17.7 Å². The SMILES string of the molecule is CC(CC(=O)OC1CCN(c2ccc(Cl)cn2)CC1)c1ccccc1F. The van der Waals surface area contributed by atoms with Crippen LogP contribution in [0.5, 0.6) is 0 Å². The third-order valence-electron chi connectivity index (χ3n) is 4.68. The summed E-state index contributed by atoms with van der Waals surface area (Å²) in [5, 5.41) is 0.613. The minimum Gasteiger partial charge on any atom is -0.462 e. The molecule has 0 radical (unpaired) electrons. The number of anilines is 1. The first-order valence-corrected chi connectivity index (χ1v) is 9.21. The second-order valence-electron chi connectivity index (χ2n) is 6.64. The van der Waals surface area contributed by atoms with Gasteiger partial charge in [-0.1, -0.05) is 36.7 Å². The number of piperidine rings is 1. The third kappa shape index (κ3) is 4.73. The van der Waals surface area contributed by atoms with Crippen LogP contribution in [0.1, 0.15) is 37.7 Å². The van der Waals surface area contributed by atoms with Crippen LogP contribution in [0.2, 0.25) is 5.02 Å². The van der Waals surface area contributed by atoms with Crippen LogP contribution < -0.4 is 4.90 Å². The van der Waals surface area contributed by atoms with Crippen molar-refractivity contribution >= 4 is 23.4 Å². The van der Waals surface area contributed by atoms with Gasteiger partial charge in [0.05, 0.1) is 11.4 Å². The average Bonchev–Trinajstić information content (AvgIpc) is 2.63. The molecule has 0 N–H and O–H groups in total. The van der Waals surface area contributed by atoms with Gasteiger partial charge in [0.15, 0.2) is 0 Å². The molecule has 0 bridgehead atoms. The fourth-order valence-corrected chi connectivity index (χ4v) is 3.34. The zero-order valence-electron chi connectivity index (χ0n) is 14.7. The van der Waals surface area contributed by atoms with E-state index in [1.54, 1.807) is 24.4 Å². The molecule has 1 aromatic carbocycles. The van der Waals surface area contributed by atoms with Crippen LogP contribution in [0.25, 0.3) is 0 Å². The van der Waals surface area contributed by atoms with E-state index in [9.17, 15) is 9.18 Å². The molecule has 1 aliphatic rings. The van der Waals surface area contributed by atoms with Crippen LogP contribution in [0.15, 0.2) is 42.6 Å². The van der Waals surface area contributed by atoms with E-state index in [2.05, 4.69) is 9.88 Å². The predicted octanol–water partition coefficient (Wildman–Crippen LogP) is 4.58. The van der Waals surface area contributed by atoms with E-state index in [0.29, 0.717) is 10.6 Å². The number of nitrogens with zero attached hydrogens (tertiary/aromatic N) is 2. The number of hydrogen-bond donors (Lipinski definition) is 0. The van der Waals surface area contributed by atoms with Crippen LogP contribution in [0, 0.1) is 5.82 Å². The van der Waals surface area contributed by atoms with Crippen molar-refractivity contribution in [1.29, 1.82) is 0 Å². The summed E-state index contributed by atoms with van der Waals surface area (Å²) in [5.74, 6) is 0.120. The van der Waals surface area contributed by atoms with E-state index in [1.807, 2.05) is 19.1 Å². The Labute approximate surface area is 157 Å². The van der Waals surface area contributed by atoms with Gasteiger partial charge in [-0.15, -0.1) is 0 Å². The summed E-state index contributed by atoms with van der Waals surface area (Å²) in [6.45, 7) is 3.39. The van der Waals surface area contributed by atoms with Gasteiger partial charge in [0, 0.05) is 32.1 Å². The maximum atomic E-state index is 13.8. The molecule has 1 atom stereocenters. The highest BCUT2D eigenvalue weighted by atomic mass is 35.5. The number of esters is 1. The minimum absolute atomic E-state index is 0.0983. The van der Waals surface area contributed by atoms with Crippen molar-refractivity contribution in [2.45, 2.75) is 38.2 Å². The number of ether oxygens (including phenoxy) is 1. The minimum atomic E-state index is -0.281. The van der Waals surface area contributed by atoms with Gasteiger partial charge in [-0.05, 0) is 29.7 Å².